The lowest BCUT2D eigenvalue weighted by Crippen LogP contribution is -2.52. The third-order valence-corrected chi connectivity index (χ3v) is 5.08. The molecule has 0 spiro atoms. The molecule has 1 aromatic rings. The number of carbonyl (C=O) groups excluding carboxylic acids is 3. The summed E-state index contributed by atoms with van der Waals surface area (Å²) in [6, 6.07) is -0.525. The Morgan fingerprint density at radius 2 is 2.00 bits per heavy atom. The van der Waals surface area contributed by atoms with Crippen LogP contribution in [-0.4, -0.2) is 28.7 Å². The molecule has 6 heteroatoms. The molecule has 1 atom stereocenters. The summed E-state index contributed by atoms with van der Waals surface area (Å²) >= 11 is 1.45. The molecular formula is C15H18N2O3S. The van der Waals surface area contributed by atoms with Crippen LogP contribution in [0.2, 0.25) is 0 Å². The topological polar surface area (TPSA) is 66.5 Å². The number of imide groups is 1. The second kappa shape index (κ2) is 4.66. The number of piperidine rings is 1. The molecule has 5 nitrogen and oxygen atoms in total. The fourth-order valence-electron chi connectivity index (χ4n) is 2.95. The van der Waals surface area contributed by atoms with Crippen molar-refractivity contribution in [2.24, 2.45) is 0 Å². The molecule has 2 aliphatic rings. The first-order valence-corrected chi connectivity index (χ1v) is 7.92. The van der Waals surface area contributed by atoms with Crippen LogP contribution in [0.25, 0.3) is 0 Å². The molecule has 3 heterocycles. The lowest BCUT2D eigenvalue weighted by atomic mass is 9.86. The Bertz CT molecular complexity index is 642. The lowest BCUT2D eigenvalue weighted by molar-refractivity contribution is -0.136. The van der Waals surface area contributed by atoms with Crippen LogP contribution in [0.1, 0.15) is 54.4 Å². The molecule has 3 amide bonds. The fourth-order valence-corrected chi connectivity index (χ4v) is 4.22. The van der Waals surface area contributed by atoms with Gasteiger partial charge in [-0.1, -0.05) is 20.8 Å². The number of carbonyl (C=O) groups is 3. The van der Waals surface area contributed by atoms with Crippen LogP contribution in [-0.2, 0) is 21.5 Å². The molecule has 0 aliphatic carbocycles. The molecular weight excluding hydrogens is 288 g/mol. The first kappa shape index (κ1) is 14.3. The van der Waals surface area contributed by atoms with Crippen molar-refractivity contribution in [2.75, 3.05) is 0 Å². The number of rotatable bonds is 1. The van der Waals surface area contributed by atoms with E-state index in [4.69, 9.17) is 0 Å². The van der Waals surface area contributed by atoms with Crippen LogP contribution >= 0.6 is 11.3 Å². The fraction of sp³-hybridized carbons (Fsp3) is 0.533. The van der Waals surface area contributed by atoms with Gasteiger partial charge in [0.2, 0.25) is 11.8 Å². The quantitative estimate of drug-likeness (QED) is 0.805. The minimum absolute atomic E-state index is 0.0227. The maximum absolute atomic E-state index is 12.5. The highest BCUT2D eigenvalue weighted by Crippen LogP contribution is 2.39. The van der Waals surface area contributed by atoms with Crippen LogP contribution < -0.4 is 5.32 Å². The van der Waals surface area contributed by atoms with Gasteiger partial charge in [-0.2, -0.15) is 0 Å². The van der Waals surface area contributed by atoms with Crippen LogP contribution in [0.3, 0.4) is 0 Å². The average molecular weight is 306 g/mol. The summed E-state index contributed by atoms with van der Waals surface area (Å²) in [5.74, 6) is -0.694. The summed E-state index contributed by atoms with van der Waals surface area (Å²) in [5.41, 5.74) is 2.19. The molecule has 1 fully saturated rings. The molecule has 1 aromatic heterocycles. The van der Waals surface area contributed by atoms with Gasteiger partial charge in [-0.15, -0.1) is 11.3 Å². The average Bonchev–Trinajstić information content (AvgIpc) is 2.90. The van der Waals surface area contributed by atoms with E-state index in [0.29, 0.717) is 19.4 Å². The third kappa shape index (κ3) is 2.27. The van der Waals surface area contributed by atoms with E-state index in [2.05, 4.69) is 26.1 Å². The summed E-state index contributed by atoms with van der Waals surface area (Å²) in [7, 11) is 0. The Hall–Kier alpha value is -1.69. The van der Waals surface area contributed by atoms with Crippen LogP contribution in [0.15, 0.2) is 5.38 Å². The molecule has 0 radical (unpaired) electrons. The van der Waals surface area contributed by atoms with E-state index in [1.165, 1.54) is 16.9 Å². The number of nitrogens with zero attached hydrogens (tertiary/aromatic N) is 1. The first-order valence-electron chi connectivity index (χ1n) is 7.04. The molecule has 1 N–H and O–H groups in total. The Kier molecular flexibility index (Phi) is 3.16. The van der Waals surface area contributed by atoms with Crippen molar-refractivity contribution < 1.29 is 14.4 Å². The van der Waals surface area contributed by atoms with E-state index in [1.807, 2.05) is 5.38 Å². The van der Waals surface area contributed by atoms with Crippen molar-refractivity contribution in [3.63, 3.8) is 0 Å². The number of fused-ring (bicyclic) bond motifs is 1. The van der Waals surface area contributed by atoms with Gasteiger partial charge in [0.15, 0.2) is 0 Å². The molecule has 1 saturated heterocycles. The van der Waals surface area contributed by atoms with E-state index in [0.717, 1.165) is 10.4 Å². The maximum Gasteiger partial charge on any atom is 0.265 e. The molecule has 112 valence electrons. The number of hydrogen-bond acceptors (Lipinski definition) is 4. The van der Waals surface area contributed by atoms with E-state index in [-0.39, 0.29) is 23.1 Å². The molecule has 1 unspecified atom stereocenters. The predicted molar refractivity (Wildman–Crippen MR) is 79.1 cm³/mol. The van der Waals surface area contributed by atoms with Gasteiger partial charge in [-0.05, 0) is 28.3 Å². The monoisotopic (exact) mass is 306 g/mol. The zero-order chi connectivity index (χ0) is 15.4. The van der Waals surface area contributed by atoms with Gasteiger partial charge in [0, 0.05) is 13.0 Å². The number of amides is 3. The second-order valence-corrected chi connectivity index (χ2v) is 7.49. The molecule has 0 saturated carbocycles. The van der Waals surface area contributed by atoms with Gasteiger partial charge < -0.3 is 4.90 Å². The molecule has 21 heavy (non-hydrogen) atoms. The zero-order valence-electron chi connectivity index (χ0n) is 12.4. The molecule has 0 bridgehead atoms. The highest BCUT2D eigenvalue weighted by Gasteiger charge is 2.41. The molecule has 0 aromatic carbocycles. The van der Waals surface area contributed by atoms with Crippen LogP contribution in [0, 0.1) is 0 Å². The van der Waals surface area contributed by atoms with Gasteiger partial charge in [-0.25, -0.2) is 0 Å². The first-order chi connectivity index (χ1) is 9.79. The van der Waals surface area contributed by atoms with Crippen molar-refractivity contribution in [1.29, 1.82) is 0 Å². The Morgan fingerprint density at radius 1 is 1.29 bits per heavy atom. The normalized spacial score (nSPS) is 22.5. The van der Waals surface area contributed by atoms with Gasteiger partial charge in [0.05, 0.1) is 4.88 Å². The van der Waals surface area contributed by atoms with Gasteiger partial charge in [0.25, 0.3) is 5.91 Å². The van der Waals surface area contributed by atoms with Gasteiger partial charge in [-0.3, -0.25) is 19.7 Å². The SMILES string of the molecule is CC(C)(C)c1csc2c1CN(C1CCC(=O)NC1=O)C2=O. The number of hydrogen-bond donors (Lipinski definition) is 1. The minimum Gasteiger partial charge on any atom is -0.321 e. The number of thiophene rings is 1. The summed E-state index contributed by atoms with van der Waals surface area (Å²) in [6.45, 7) is 6.83. The zero-order valence-corrected chi connectivity index (χ0v) is 13.2. The Morgan fingerprint density at radius 3 is 2.62 bits per heavy atom. The van der Waals surface area contributed by atoms with Crippen LogP contribution in [0.5, 0.6) is 0 Å². The van der Waals surface area contributed by atoms with Crippen molar-refractivity contribution in [3.05, 3.63) is 21.4 Å². The highest BCUT2D eigenvalue weighted by atomic mass is 32.1. The van der Waals surface area contributed by atoms with E-state index >= 15 is 0 Å². The third-order valence-electron chi connectivity index (χ3n) is 4.07. The summed E-state index contributed by atoms with van der Waals surface area (Å²) < 4.78 is 0. The van der Waals surface area contributed by atoms with Crippen molar-refractivity contribution in [2.45, 2.75) is 51.6 Å². The van der Waals surface area contributed by atoms with E-state index in [9.17, 15) is 14.4 Å². The summed E-state index contributed by atoms with van der Waals surface area (Å²) in [6.07, 6.45) is 0.705. The van der Waals surface area contributed by atoms with E-state index < -0.39 is 6.04 Å². The van der Waals surface area contributed by atoms with Crippen LogP contribution in [0.4, 0.5) is 0 Å². The van der Waals surface area contributed by atoms with Crippen molar-refractivity contribution in [1.82, 2.24) is 10.2 Å². The summed E-state index contributed by atoms with van der Waals surface area (Å²) in [5, 5.41) is 4.37. The lowest BCUT2D eigenvalue weighted by Gasteiger charge is -2.29. The maximum atomic E-state index is 12.5. The smallest absolute Gasteiger partial charge is 0.265 e. The standard InChI is InChI=1S/C15H18N2O3S/c1-15(2,3)9-7-21-12-8(9)6-17(14(12)20)10-4-5-11(18)16-13(10)19/h7,10H,4-6H2,1-3H3,(H,16,18,19). The van der Waals surface area contributed by atoms with Crippen molar-refractivity contribution in [3.8, 4) is 0 Å². The largest absolute Gasteiger partial charge is 0.321 e. The minimum atomic E-state index is -0.525. The number of nitrogens with one attached hydrogen (secondary N) is 1. The molecule has 3 rings (SSSR count). The predicted octanol–water partition coefficient (Wildman–Crippen LogP) is 1.81. The van der Waals surface area contributed by atoms with E-state index in [1.54, 1.807) is 4.90 Å². The second-order valence-electron chi connectivity index (χ2n) is 6.61. The van der Waals surface area contributed by atoms with Gasteiger partial charge in [0.1, 0.15) is 6.04 Å². The Labute approximate surface area is 127 Å². The van der Waals surface area contributed by atoms with Crippen molar-refractivity contribution >= 4 is 29.1 Å². The summed E-state index contributed by atoms with van der Waals surface area (Å²) in [4.78, 5) is 38.1. The highest BCUT2D eigenvalue weighted by molar-refractivity contribution is 7.12. The Balaban J connectivity index is 1.89. The van der Waals surface area contributed by atoms with Gasteiger partial charge >= 0.3 is 0 Å². The molecule has 2 aliphatic heterocycles.